The minimum absolute atomic E-state index is 0.00799. The summed E-state index contributed by atoms with van der Waals surface area (Å²) >= 11 is 3.63. The number of nitrogens with one attached hydrogen (secondary N) is 1. The quantitative estimate of drug-likeness (QED) is 0.886. The topological polar surface area (TPSA) is 37.8 Å². The van der Waals surface area contributed by atoms with Crippen molar-refractivity contribution in [2.24, 2.45) is 0 Å². The molecule has 0 atom stereocenters. The van der Waals surface area contributed by atoms with Gasteiger partial charge in [0.05, 0.1) is 10.2 Å². The van der Waals surface area contributed by atoms with Crippen molar-refractivity contribution in [2.75, 3.05) is 11.9 Å². The summed E-state index contributed by atoms with van der Waals surface area (Å²) in [6.45, 7) is 15.8. The number of halogens is 1. The van der Waals surface area contributed by atoms with Gasteiger partial charge in [-0.25, -0.2) is 9.97 Å². The third kappa shape index (κ3) is 3.44. The van der Waals surface area contributed by atoms with Gasteiger partial charge in [-0.2, -0.15) is 0 Å². The Hall–Kier alpha value is -0.640. The fourth-order valence-corrected chi connectivity index (χ4v) is 2.48. The van der Waals surface area contributed by atoms with Crippen molar-refractivity contribution < 1.29 is 0 Å². The van der Waals surface area contributed by atoms with E-state index < -0.39 is 0 Å². The van der Waals surface area contributed by atoms with Gasteiger partial charge in [0.2, 0.25) is 0 Å². The van der Waals surface area contributed by atoms with Gasteiger partial charge in [-0.3, -0.25) is 0 Å². The highest BCUT2D eigenvalue weighted by Crippen LogP contribution is 2.34. The number of rotatable bonds is 2. The Morgan fingerprint density at radius 2 is 1.56 bits per heavy atom. The molecule has 3 nitrogen and oxygen atoms in total. The summed E-state index contributed by atoms with van der Waals surface area (Å²) in [5, 5.41) is 3.30. The van der Waals surface area contributed by atoms with E-state index in [0.717, 1.165) is 28.4 Å². The van der Waals surface area contributed by atoms with E-state index >= 15 is 0 Å². The van der Waals surface area contributed by atoms with Crippen LogP contribution in [0.25, 0.3) is 0 Å². The van der Waals surface area contributed by atoms with Crippen molar-refractivity contribution in [3.63, 3.8) is 0 Å². The van der Waals surface area contributed by atoms with Gasteiger partial charge in [-0.1, -0.05) is 41.5 Å². The lowest BCUT2D eigenvalue weighted by atomic mass is 9.90. The maximum Gasteiger partial charge on any atom is 0.144 e. The van der Waals surface area contributed by atoms with E-state index in [1.807, 2.05) is 0 Å². The third-order valence-corrected chi connectivity index (χ3v) is 3.33. The standard InChI is InChI=1S/C14H24BrN3/c1-8-16-11-9(15)10(13(2,3)4)17-12(18-11)14(5,6)7/h8H2,1-7H3,(H,16,17,18). The lowest BCUT2D eigenvalue weighted by molar-refractivity contribution is 0.512. The van der Waals surface area contributed by atoms with E-state index in [0.29, 0.717) is 0 Å². The molecule has 0 saturated heterocycles. The second kappa shape index (κ2) is 5.16. The van der Waals surface area contributed by atoms with Gasteiger partial charge in [-0.05, 0) is 22.9 Å². The Kier molecular flexibility index (Phi) is 4.42. The number of nitrogens with zero attached hydrogens (tertiary/aromatic N) is 2. The number of anilines is 1. The van der Waals surface area contributed by atoms with Gasteiger partial charge in [-0.15, -0.1) is 0 Å². The van der Waals surface area contributed by atoms with Crippen molar-refractivity contribution in [2.45, 2.75) is 59.3 Å². The first-order chi connectivity index (χ1) is 8.07. The molecule has 0 aliphatic carbocycles. The summed E-state index contributed by atoms with van der Waals surface area (Å²) in [5.41, 5.74) is 0.995. The molecule has 1 N–H and O–H groups in total. The van der Waals surface area contributed by atoms with Crippen LogP contribution >= 0.6 is 15.9 Å². The van der Waals surface area contributed by atoms with Gasteiger partial charge >= 0.3 is 0 Å². The Bertz CT molecular complexity index is 428. The van der Waals surface area contributed by atoms with Crippen LogP contribution in [0, 0.1) is 0 Å². The smallest absolute Gasteiger partial charge is 0.144 e. The minimum atomic E-state index is -0.0507. The number of hydrogen-bond donors (Lipinski definition) is 1. The van der Waals surface area contributed by atoms with Gasteiger partial charge in [0, 0.05) is 17.4 Å². The summed E-state index contributed by atoms with van der Waals surface area (Å²) in [4.78, 5) is 9.40. The average Bonchev–Trinajstić information content (AvgIpc) is 2.17. The van der Waals surface area contributed by atoms with Crippen LogP contribution in [0.5, 0.6) is 0 Å². The zero-order chi connectivity index (χ0) is 14.1. The van der Waals surface area contributed by atoms with Crippen LogP contribution in [0.2, 0.25) is 0 Å². The summed E-state index contributed by atoms with van der Waals surface area (Å²) in [6, 6.07) is 0. The Balaban J connectivity index is 3.47. The molecule has 102 valence electrons. The van der Waals surface area contributed by atoms with Crippen molar-refractivity contribution in [3.8, 4) is 0 Å². The van der Waals surface area contributed by atoms with Crippen LogP contribution in [0.15, 0.2) is 4.47 Å². The maximum atomic E-state index is 4.76. The van der Waals surface area contributed by atoms with Gasteiger partial charge in [0.15, 0.2) is 0 Å². The molecule has 0 radical (unpaired) electrons. The molecule has 0 amide bonds. The van der Waals surface area contributed by atoms with Gasteiger partial charge < -0.3 is 5.32 Å². The van der Waals surface area contributed by atoms with E-state index in [2.05, 4.69) is 74.7 Å². The van der Waals surface area contributed by atoms with Crippen LogP contribution in [-0.4, -0.2) is 16.5 Å². The van der Waals surface area contributed by atoms with Crippen molar-refractivity contribution >= 4 is 21.7 Å². The van der Waals surface area contributed by atoms with Gasteiger partial charge in [0.25, 0.3) is 0 Å². The second-order valence-electron chi connectivity index (χ2n) is 6.59. The fraction of sp³-hybridized carbons (Fsp3) is 0.714. The summed E-state index contributed by atoms with van der Waals surface area (Å²) in [7, 11) is 0. The van der Waals surface area contributed by atoms with E-state index in [1.54, 1.807) is 0 Å². The minimum Gasteiger partial charge on any atom is -0.369 e. The molecule has 0 unspecified atom stereocenters. The first kappa shape index (κ1) is 15.4. The van der Waals surface area contributed by atoms with E-state index in [1.165, 1.54) is 0 Å². The molecule has 0 spiro atoms. The number of aromatic nitrogens is 2. The predicted molar refractivity (Wildman–Crippen MR) is 81.3 cm³/mol. The Labute approximate surface area is 119 Å². The molecule has 0 bridgehead atoms. The molecule has 0 saturated carbocycles. The van der Waals surface area contributed by atoms with Crippen LogP contribution in [0.4, 0.5) is 5.82 Å². The largest absolute Gasteiger partial charge is 0.369 e. The zero-order valence-corrected chi connectivity index (χ0v) is 14.1. The zero-order valence-electron chi connectivity index (χ0n) is 12.5. The normalized spacial score (nSPS) is 12.7. The van der Waals surface area contributed by atoms with E-state index in [9.17, 15) is 0 Å². The summed E-state index contributed by atoms with van der Waals surface area (Å²) in [6.07, 6.45) is 0. The van der Waals surface area contributed by atoms with Crippen LogP contribution < -0.4 is 5.32 Å². The molecule has 0 aliphatic heterocycles. The van der Waals surface area contributed by atoms with Gasteiger partial charge in [0.1, 0.15) is 11.6 Å². The fourth-order valence-electron chi connectivity index (χ4n) is 1.56. The molecule has 1 heterocycles. The van der Waals surface area contributed by atoms with Crippen LogP contribution in [0.1, 0.15) is 60.0 Å². The first-order valence-corrected chi connectivity index (χ1v) is 7.19. The lowest BCUT2D eigenvalue weighted by Gasteiger charge is -2.25. The van der Waals surface area contributed by atoms with Crippen molar-refractivity contribution in [1.82, 2.24) is 9.97 Å². The highest BCUT2D eigenvalue weighted by atomic mass is 79.9. The molecule has 1 aromatic heterocycles. The Morgan fingerprint density at radius 1 is 1.00 bits per heavy atom. The Morgan fingerprint density at radius 3 is 1.94 bits per heavy atom. The molecule has 18 heavy (non-hydrogen) atoms. The summed E-state index contributed by atoms with van der Waals surface area (Å²) < 4.78 is 0.977. The second-order valence-corrected chi connectivity index (χ2v) is 7.38. The molecule has 1 rings (SSSR count). The van der Waals surface area contributed by atoms with Crippen molar-refractivity contribution in [3.05, 3.63) is 16.0 Å². The molecular formula is C14H24BrN3. The monoisotopic (exact) mass is 313 g/mol. The average molecular weight is 314 g/mol. The first-order valence-electron chi connectivity index (χ1n) is 6.39. The third-order valence-electron chi connectivity index (χ3n) is 2.58. The maximum absolute atomic E-state index is 4.76. The summed E-state index contributed by atoms with van der Waals surface area (Å²) in [5.74, 6) is 1.77. The highest BCUT2D eigenvalue weighted by molar-refractivity contribution is 9.10. The van der Waals surface area contributed by atoms with Crippen LogP contribution in [0.3, 0.4) is 0 Å². The predicted octanol–water partition coefficient (Wildman–Crippen LogP) is 4.27. The van der Waals surface area contributed by atoms with E-state index in [-0.39, 0.29) is 10.8 Å². The molecule has 0 aromatic carbocycles. The molecule has 1 aromatic rings. The molecule has 0 fully saturated rings. The van der Waals surface area contributed by atoms with Crippen LogP contribution in [-0.2, 0) is 10.8 Å². The molecule has 4 heteroatoms. The van der Waals surface area contributed by atoms with Crippen molar-refractivity contribution in [1.29, 1.82) is 0 Å². The lowest BCUT2D eigenvalue weighted by Crippen LogP contribution is -2.23. The SMILES string of the molecule is CCNc1nc(C(C)(C)C)nc(C(C)(C)C)c1Br. The van der Waals surface area contributed by atoms with E-state index in [4.69, 9.17) is 4.98 Å². The molecule has 0 aliphatic rings. The molecular weight excluding hydrogens is 290 g/mol. The number of hydrogen-bond acceptors (Lipinski definition) is 3. The highest BCUT2D eigenvalue weighted by Gasteiger charge is 2.26.